The lowest BCUT2D eigenvalue weighted by atomic mass is 10.1. The van der Waals surface area contributed by atoms with Crippen LogP contribution >= 0.6 is 0 Å². The summed E-state index contributed by atoms with van der Waals surface area (Å²) in [6.45, 7) is 0. The number of nitrogens with zero attached hydrogens (tertiary/aromatic N) is 1. The van der Waals surface area contributed by atoms with Gasteiger partial charge in [0, 0.05) is 30.0 Å². The van der Waals surface area contributed by atoms with Crippen LogP contribution in [0.5, 0.6) is 0 Å². The number of carbonyl (C=O) groups excluding carboxylic acids is 1. The van der Waals surface area contributed by atoms with Crippen LogP contribution in [0.4, 0.5) is 0 Å². The molecule has 0 aromatic carbocycles. The van der Waals surface area contributed by atoms with Crippen LogP contribution in [0.3, 0.4) is 0 Å². The van der Waals surface area contributed by atoms with E-state index in [9.17, 15) is 9.90 Å². The van der Waals surface area contributed by atoms with E-state index in [1.807, 2.05) is 0 Å². The number of aliphatic hydroxyl groups is 1. The molecule has 0 bridgehead atoms. The summed E-state index contributed by atoms with van der Waals surface area (Å²) in [5.74, 6) is 0.189. The van der Waals surface area contributed by atoms with Gasteiger partial charge in [0.25, 0.3) is 0 Å². The summed E-state index contributed by atoms with van der Waals surface area (Å²) in [5.41, 5.74) is 1.24. The third kappa shape index (κ3) is 1.53. The number of rotatable bonds is 1. The van der Waals surface area contributed by atoms with Gasteiger partial charge in [-0.1, -0.05) is 0 Å². The minimum atomic E-state index is 0.0688. The Hall–Kier alpha value is -1.64. The van der Waals surface area contributed by atoms with E-state index in [1.54, 1.807) is 24.5 Å². The number of Topliss-reactive ketones (excluding diaryl/α,β-unsaturated/α-hetero) is 1. The quantitative estimate of drug-likeness (QED) is 0.543. The topological polar surface area (TPSA) is 50.2 Å². The molecule has 0 amide bonds. The number of pyridine rings is 1. The highest BCUT2D eigenvalue weighted by Gasteiger charge is 2.21. The zero-order valence-electron chi connectivity index (χ0n) is 7.73. The van der Waals surface area contributed by atoms with Crippen molar-refractivity contribution in [2.45, 2.75) is 19.3 Å². The number of allylic oxidation sites excluding steroid dienone is 1. The van der Waals surface area contributed by atoms with E-state index in [0.717, 1.165) is 6.42 Å². The van der Waals surface area contributed by atoms with Gasteiger partial charge in [0.1, 0.15) is 5.76 Å². The number of hydrogen-bond acceptors (Lipinski definition) is 3. The van der Waals surface area contributed by atoms with Gasteiger partial charge in [0.2, 0.25) is 0 Å². The highest BCUT2D eigenvalue weighted by Crippen LogP contribution is 2.27. The zero-order valence-corrected chi connectivity index (χ0v) is 7.73. The van der Waals surface area contributed by atoms with Crippen LogP contribution in [-0.2, 0) is 4.79 Å². The molecule has 0 aliphatic heterocycles. The van der Waals surface area contributed by atoms with Crippen molar-refractivity contribution in [1.82, 2.24) is 4.98 Å². The molecule has 3 nitrogen and oxygen atoms in total. The Morgan fingerprint density at radius 3 is 2.57 bits per heavy atom. The Morgan fingerprint density at radius 1 is 1.29 bits per heavy atom. The van der Waals surface area contributed by atoms with Crippen LogP contribution in [-0.4, -0.2) is 15.9 Å². The molecule has 1 N–H and O–H groups in total. The number of ketones is 1. The van der Waals surface area contributed by atoms with E-state index in [2.05, 4.69) is 4.98 Å². The molecule has 1 fully saturated rings. The van der Waals surface area contributed by atoms with Gasteiger partial charge in [-0.25, -0.2) is 0 Å². The molecule has 0 unspecified atom stereocenters. The average molecular weight is 189 g/mol. The summed E-state index contributed by atoms with van der Waals surface area (Å²) in [7, 11) is 0. The molecular weight excluding hydrogens is 178 g/mol. The van der Waals surface area contributed by atoms with Crippen LogP contribution in [0.1, 0.15) is 24.8 Å². The number of carbonyl (C=O) groups is 1. The lowest BCUT2D eigenvalue weighted by Crippen LogP contribution is -1.97. The molecule has 1 aliphatic rings. The van der Waals surface area contributed by atoms with Gasteiger partial charge in [-0.2, -0.15) is 0 Å². The molecule has 0 saturated heterocycles. The summed E-state index contributed by atoms with van der Waals surface area (Å²) < 4.78 is 0. The summed E-state index contributed by atoms with van der Waals surface area (Å²) in [4.78, 5) is 15.2. The van der Waals surface area contributed by atoms with Crippen molar-refractivity contribution < 1.29 is 9.90 Å². The second-order valence-electron chi connectivity index (χ2n) is 3.34. The van der Waals surface area contributed by atoms with E-state index < -0.39 is 0 Å². The summed E-state index contributed by atoms with van der Waals surface area (Å²) in [5, 5.41) is 9.82. The molecular formula is C11H11NO2. The number of hydrogen-bond donors (Lipinski definition) is 1. The molecule has 1 heterocycles. The Balaban J connectivity index is 2.40. The Morgan fingerprint density at radius 2 is 2.00 bits per heavy atom. The third-order valence-electron chi connectivity index (χ3n) is 2.41. The van der Waals surface area contributed by atoms with Crippen molar-refractivity contribution >= 4 is 11.5 Å². The molecule has 3 heteroatoms. The zero-order chi connectivity index (χ0) is 9.97. The van der Waals surface area contributed by atoms with Crippen molar-refractivity contribution in [3.05, 3.63) is 35.7 Å². The second kappa shape index (κ2) is 3.62. The van der Waals surface area contributed by atoms with Crippen LogP contribution in [0.15, 0.2) is 30.1 Å². The first-order valence-corrected chi connectivity index (χ1v) is 4.65. The van der Waals surface area contributed by atoms with Crippen molar-refractivity contribution in [1.29, 1.82) is 0 Å². The molecule has 1 aromatic rings. The smallest absolute Gasteiger partial charge is 0.162 e. The second-order valence-corrected chi connectivity index (χ2v) is 3.34. The van der Waals surface area contributed by atoms with Gasteiger partial charge < -0.3 is 5.11 Å². The van der Waals surface area contributed by atoms with Gasteiger partial charge in [0.05, 0.1) is 0 Å². The van der Waals surface area contributed by atoms with Crippen LogP contribution in [0, 0.1) is 0 Å². The van der Waals surface area contributed by atoms with Crippen molar-refractivity contribution in [3.8, 4) is 0 Å². The molecule has 1 aromatic heterocycles. The first kappa shape index (κ1) is 8.94. The summed E-state index contributed by atoms with van der Waals surface area (Å²) >= 11 is 0. The largest absolute Gasteiger partial charge is 0.507 e. The molecule has 1 aliphatic carbocycles. The first-order valence-electron chi connectivity index (χ1n) is 4.65. The molecule has 2 rings (SSSR count). The van der Waals surface area contributed by atoms with Gasteiger partial charge in [-0.15, -0.1) is 0 Å². The SMILES string of the molecule is O=C1CCCC1=C(O)c1ccncc1. The standard InChI is InChI=1S/C11H11NO2/c13-10-3-1-2-9(10)11(14)8-4-6-12-7-5-8/h4-7,14H,1-3H2. The predicted molar refractivity (Wildman–Crippen MR) is 52.6 cm³/mol. The number of aliphatic hydroxyl groups excluding tert-OH is 1. The third-order valence-corrected chi connectivity index (χ3v) is 2.41. The van der Waals surface area contributed by atoms with E-state index in [1.165, 1.54) is 0 Å². The van der Waals surface area contributed by atoms with E-state index in [-0.39, 0.29) is 11.5 Å². The molecule has 14 heavy (non-hydrogen) atoms. The van der Waals surface area contributed by atoms with E-state index in [0.29, 0.717) is 24.0 Å². The molecule has 72 valence electrons. The van der Waals surface area contributed by atoms with Crippen LogP contribution < -0.4 is 0 Å². The van der Waals surface area contributed by atoms with E-state index in [4.69, 9.17) is 0 Å². The monoisotopic (exact) mass is 189 g/mol. The predicted octanol–water partition coefficient (Wildman–Crippen LogP) is 2.10. The van der Waals surface area contributed by atoms with Crippen molar-refractivity contribution in [2.75, 3.05) is 0 Å². The van der Waals surface area contributed by atoms with Crippen LogP contribution in [0.2, 0.25) is 0 Å². The maximum atomic E-state index is 11.4. The van der Waals surface area contributed by atoms with Crippen molar-refractivity contribution in [3.63, 3.8) is 0 Å². The fraction of sp³-hybridized carbons (Fsp3) is 0.273. The normalized spacial score (nSPS) is 19.9. The lowest BCUT2D eigenvalue weighted by Gasteiger charge is -2.02. The minimum absolute atomic E-state index is 0.0688. The van der Waals surface area contributed by atoms with Gasteiger partial charge in [0.15, 0.2) is 5.78 Å². The summed E-state index contributed by atoms with van der Waals surface area (Å²) in [6.07, 6.45) is 5.30. The average Bonchev–Trinajstić information content (AvgIpc) is 2.65. The summed E-state index contributed by atoms with van der Waals surface area (Å²) in [6, 6.07) is 3.40. The number of aromatic nitrogens is 1. The lowest BCUT2D eigenvalue weighted by molar-refractivity contribution is -0.114. The molecule has 0 radical (unpaired) electrons. The highest BCUT2D eigenvalue weighted by atomic mass is 16.3. The van der Waals surface area contributed by atoms with Gasteiger partial charge in [-0.05, 0) is 25.0 Å². The Bertz CT molecular complexity index is 382. The fourth-order valence-corrected chi connectivity index (χ4v) is 1.65. The minimum Gasteiger partial charge on any atom is -0.507 e. The first-order chi connectivity index (χ1) is 6.79. The van der Waals surface area contributed by atoms with Gasteiger partial charge >= 0.3 is 0 Å². The maximum Gasteiger partial charge on any atom is 0.162 e. The molecule has 0 atom stereocenters. The molecule has 0 spiro atoms. The fourth-order valence-electron chi connectivity index (χ4n) is 1.65. The maximum absolute atomic E-state index is 11.4. The van der Waals surface area contributed by atoms with Gasteiger partial charge in [-0.3, -0.25) is 9.78 Å². The van der Waals surface area contributed by atoms with Crippen molar-refractivity contribution in [2.24, 2.45) is 0 Å². The molecule has 1 saturated carbocycles. The van der Waals surface area contributed by atoms with Crippen LogP contribution in [0.25, 0.3) is 5.76 Å². The highest BCUT2D eigenvalue weighted by molar-refractivity contribution is 6.02. The Labute approximate surface area is 82.1 Å². The van der Waals surface area contributed by atoms with E-state index >= 15 is 0 Å². The Kier molecular flexibility index (Phi) is 2.31.